The van der Waals surface area contributed by atoms with E-state index in [-0.39, 0.29) is 4.74 Å². The van der Waals surface area contributed by atoms with E-state index in [0.717, 1.165) is 11.3 Å². The van der Waals surface area contributed by atoms with Crippen LogP contribution in [0.15, 0.2) is 21.1 Å². The van der Waals surface area contributed by atoms with E-state index in [1.807, 2.05) is 0 Å². The molecule has 48 valence electrons. The maximum atomic E-state index is 10.6. The molecule has 0 aliphatic rings. The van der Waals surface area contributed by atoms with Crippen LogP contribution in [0.3, 0.4) is 0 Å². The van der Waals surface area contributed by atoms with Gasteiger partial charge in [0, 0.05) is 11.8 Å². The predicted molar refractivity (Wildman–Crippen MR) is 42.3 cm³/mol. The molecule has 1 heterocycles. The summed E-state index contributed by atoms with van der Waals surface area (Å²) in [6.45, 7) is 0. The zero-order valence-electron chi connectivity index (χ0n) is 4.50. The second-order valence-electron chi connectivity index (χ2n) is 1.55. The van der Waals surface area contributed by atoms with Gasteiger partial charge in [-0.1, -0.05) is 11.3 Å². The molecule has 0 amide bonds. The molecule has 0 aromatic carbocycles. The van der Waals surface area contributed by atoms with Crippen molar-refractivity contribution in [1.82, 2.24) is 0 Å². The Balaban J connectivity index is 3.33. The summed E-state index contributed by atoms with van der Waals surface area (Å²) in [7, 11) is 0. The van der Waals surface area contributed by atoms with Gasteiger partial charge in [0.2, 0.25) is 4.74 Å². The van der Waals surface area contributed by atoms with Crippen LogP contribution in [0.1, 0.15) is 0 Å². The van der Waals surface area contributed by atoms with Gasteiger partial charge in [0.15, 0.2) is 0 Å². The van der Waals surface area contributed by atoms with Gasteiger partial charge in [-0.05, 0) is 6.07 Å². The molecule has 0 atom stereocenters. The Morgan fingerprint density at radius 3 is 2.67 bits per heavy atom. The molecule has 1 aromatic heterocycles. The van der Waals surface area contributed by atoms with Crippen molar-refractivity contribution in [3.05, 3.63) is 21.7 Å². The van der Waals surface area contributed by atoms with E-state index in [9.17, 15) is 4.79 Å². The van der Waals surface area contributed by atoms with Crippen molar-refractivity contribution in [2.24, 2.45) is 0 Å². The standard InChI is InChI=1S/C5H5NOS2/c6-3-1-4(7)9-5(8)2-3/h1-2,8H,6H2. The molecule has 1 aromatic rings. The lowest BCUT2D eigenvalue weighted by atomic mass is 10.5. The van der Waals surface area contributed by atoms with Crippen LogP contribution in [0.25, 0.3) is 0 Å². The lowest BCUT2D eigenvalue weighted by molar-refractivity contribution is 1.62. The number of nitrogen functional groups attached to an aromatic ring is 1. The van der Waals surface area contributed by atoms with Gasteiger partial charge in [-0.25, -0.2) is 0 Å². The van der Waals surface area contributed by atoms with Crippen LogP contribution in [0.4, 0.5) is 5.69 Å². The van der Waals surface area contributed by atoms with E-state index < -0.39 is 0 Å². The monoisotopic (exact) mass is 159 g/mol. The molecule has 0 saturated heterocycles. The molecule has 0 spiro atoms. The molecule has 2 nitrogen and oxygen atoms in total. The van der Waals surface area contributed by atoms with Gasteiger partial charge in [-0.15, -0.1) is 12.6 Å². The highest BCUT2D eigenvalue weighted by molar-refractivity contribution is 7.82. The average molecular weight is 159 g/mol. The van der Waals surface area contributed by atoms with Crippen molar-refractivity contribution in [3.8, 4) is 0 Å². The van der Waals surface area contributed by atoms with Crippen LogP contribution in [-0.2, 0) is 0 Å². The largest absolute Gasteiger partial charge is 0.399 e. The fourth-order valence-corrected chi connectivity index (χ4v) is 1.50. The molecule has 0 fully saturated rings. The van der Waals surface area contributed by atoms with E-state index in [2.05, 4.69) is 12.6 Å². The average Bonchev–Trinajstić information content (AvgIpc) is 1.59. The van der Waals surface area contributed by atoms with Crippen LogP contribution in [0.2, 0.25) is 0 Å². The molecule has 1 rings (SSSR count). The molecule has 9 heavy (non-hydrogen) atoms. The molecule has 0 aliphatic carbocycles. The summed E-state index contributed by atoms with van der Waals surface area (Å²) in [5, 5.41) is 0. The van der Waals surface area contributed by atoms with Crippen molar-refractivity contribution >= 4 is 29.7 Å². The fourth-order valence-electron chi connectivity index (χ4n) is 0.482. The topological polar surface area (TPSA) is 43.1 Å². The number of nitrogens with two attached hydrogens (primary N) is 1. The normalized spacial score (nSPS) is 9.44. The van der Waals surface area contributed by atoms with E-state index >= 15 is 0 Å². The van der Waals surface area contributed by atoms with Crippen LogP contribution >= 0.6 is 24.0 Å². The Kier molecular flexibility index (Phi) is 1.78. The van der Waals surface area contributed by atoms with E-state index in [1.165, 1.54) is 6.07 Å². The zero-order valence-corrected chi connectivity index (χ0v) is 6.21. The van der Waals surface area contributed by atoms with E-state index in [4.69, 9.17) is 5.73 Å². The SMILES string of the molecule is Nc1cc(S)sc(=O)c1. The predicted octanol–water partition coefficient (Wildman–Crippen LogP) is 0.979. The van der Waals surface area contributed by atoms with E-state index in [1.54, 1.807) is 6.07 Å². The number of hydrogen-bond acceptors (Lipinski definition) is 4. The molecule has 0 saturated carbocycles. The Labute approximate surface area is 61.7 Å². The van der Waals surface area contributed by atoms with E-state index in [0.29, 0.717) is 9.90 Å². The summed E-state index contributed by atoms with van der Waals surface area (Å²) < 4.78 is 0.597. The maximum Gasteiger partial charge on any atom is 0.235 e. The third-order valence-electron chi connectivity index (χ3n) is 0.780. The summed E-state index contributed by atoms with van der Waals surface area (Å²) in [6, 6.07) is 3.03. The second kappa shape index (κ2) is 2.41. The molecule has 0 radical (unpaired) electrons. The highest BCUT2D eigenvalue weighted by atomic mass is 32.2. The van der Waals surface area contributed by atoms with Crippen molar-refractivity contribution in [3.63, 3.8) is 0 Å². The number of hydrogen-bond donors (Lipinski definition) is 2. The van der Waals surface area contributed by atoms with Gasteiger partial charge in [0.05, 0.1) is 4.21 Å². The van der Waals surface area contributed by atoms with Crippen LogP contribution in [-0.4, -0.2) is 0 Å². The highest BCUT2D eigenvalue weighted by Crippen LogP contribution is 2.10. The summed E-state index contributed by atoms with van der Waals surface area (Å²) in [4.78, 5) is 10.6. The second-order valence-corrected chi connectivity index (χ2v) is 3.38. The number of thiol groups is 1. The van der Waals surface area contributed by atoms with Crippen molar-refractivity contribution in [1.29, 1.82) is 0 Å². The van der Waals surface area contributed by atoms with Gasteiger partial charge in [-0.3, -0.25) is 4.79 Å². The first-order valence-corrected chi connectivity index (χ1v) is 3.54. The first-order chi connectivity index (χ1) is 4.18. The Morgan fingerprint density at radius 1 is 1.56 bits per heavy atom. The summed E-state index contributed by atoms with van der Waals surface area (Å²) in [5.41, 5.74) is 5.79. The lowest BCUT2D eigenvalue weighted by Gasteiger charge is -1.88. The van der Waals surface area contributed by atoms with Gasteiger partial charge in [0.25, 0.3) is 0 Å². The number of anilines is 1. The third kappa shape index (κ3) is 1.73. The first kappa shape index (κ1) is 6.64. The van der Waals surface area contributed by atoms with Crippen molar-refractivity contribution in [2.45, 2.75) is 4.21 Å². The quantitative estimate of drug-likeness (QED) is 0.554. The highest BCUT2D eigenvalue weighted by Gasteiger charge is 1.90. The fraction of sp³-hybridized carbons (Fsp3) is 0. The van der Waals surface area contributed by atoms with Crippen LogP contribution < -0.4 is 10.5 Å². The van der Waals surface area contributed by atoms with Gasteiger partial charge < -0.3 is 5.73 Å². The number of rotatable bonds is 0. The minimum atomic E-state index is -0.0556. The zero-order chi connectivity index (χ0) is 6.85. The Hall–Kier alpha value is -0.480. The summed E-state index contributed by atoms with van der Waals surface area (Å²) >= 11 is 5.04. The third-order valence-corrected chi connectivity index (χ3v) is 1.83. The lowest BCUT2D eigenvalue weighted by Crippen LogP contribution is -1.94. The summed E-state index contributed by atoms with van der Waals surface area (Å²) in [5.74, 6) is 0. The molecule has 0 bridgehead atoms. The maximum absolute atomic E-state index is 10.6. The van der Waals surface area contributed by atoms with Gasteiger partial charge in [-0.2, -0.15) is 0 Å². The smallest absolute Gasteiger partial charge is 0.235 e. The van der Waals surface area contributed by atoms with Crippen LogP contribution in [0, 0.1) is 0 Å². The molecule has 0 unspecified atom stereocenters. The first-order valence-electron chi connectivity index (χ1n) is 2.28. The van der Waals surface area contributed by atoms with Gasteiger partial charge in [0.1, 0.15) is 0 Å². The van der Waals surface area contributed by atoms with Crippen molar-refractivity contribution < 1.29 is 0 Å². The molecular formula is C5H5NOS2. The molecule has 4 heteroatoms. The van der Waals surface area contributed by atoms with Crippen molar-refractivity contribution in [2.75, 3.05) is 5.73 Å². The van der Waals surface area contributed by atoms with Gasteiger partial charge >= 0.3 is 0 Å². The molecule has 0 aliphatic heterocycles. The Morgan fingerprint density at radius 2 is 2.22 bits per heavy atom. The minimum absolute atomic E-state index is 0.0556. The van der Waals surface area contributed by atoms with Crippen LogP contribution in [0.5, 0.6) is 0 Å². The molecule has 2 N–H and O–H groups in total. The molecular weight excluding hydrogens is 154 g/mol. The Bertz CT molecular complexity index is 245. The summed E-state index contributed by atoms with van der Waals surface area (Å²) in [6.07, 6.45) is 0. The minimum Gasteiger partial charge on any atom is -0.399 e.